The van der Waals surface area contributed by atoms with Crippen LogP contribution >= 0.6 is 0 Å². The number of nitrogens with zero attached hydrogens (tertiary/aromatic N) is 1. The molecule has 0 aromatic rings. The highest BCUT2D eigenvalue weighted by molar-refractivity contribution is 4.88. The van der Waals surface area contributed by atoms with Crippen molar-refractivity contribution in [2.24, 2.45) is 5.41 Å². The number of hydrogen-bond donors (Lipinski definition) is 1. The highest BCUT2D eigenvalue weighted by atomic mass is 19.4. The highest BCUT2D eigenvalue weighted by Gasteiger charge is 2.37. The molecular weight excluding hydrogens is 229 g/mol. The van der Waals surface area contributed by atoms with Gasteiger partial charge in [0.1, 0.15) is 0 Å². The molecule has 0 radical (unpaired) electrons. The summed E-state index contributed by atoms with van der Waals surface area (Å²) < 4.78 is 37.5. The third-order valence-electron chi connectivity index (χ3n) is 3.42. The maximum atomic E-state index is 12.5. The number of halogens is 3. The van der Waals surface area contributed by atoms with Crippen LogP contribution in [-0.4, -0.2) is 42.8 Å². The molecule has 1 aliphatic heterocycles. The molecule has 0 aliphatic carbocycles. The van der Waals surface area contributed by atoms with Crippen molar-refractivity contribution in [1.82, 2.24) is 10.2 Å². The fourth-order valence-corrected chi connectivity index (χ4v) is 2.16. The van der Waals surface area contributed by atoms with Gasteiger partial charge in [0.15, 0.2) is 0 Å². The molecule has 0 spiro atoms. The van der Waals surface area contributed by atoms with Crippen LogP contribution in [0.3, 0.4) is 0 Å². The van der Waals surface area contributed by atoms with E-state index in [1.165, 1.54) is 0 Å². The van der Waals surface area contributed by atoms with E-state index in [4.69, 9.17) is 0 Å². The molecule has 0 aromatic carbocycles. The van der Waals surface area contributed by atoms with Gasteiger partial charge in [0.05, 0.1) is 6.54 Å². The Morgan fingerprint density at radius 2 is 1.82 bits per heavy atom. The Morgan fingerprint density at radius 3 is 2.29 bits per heavy atom. The monoisotopic (exact) mass is 252 g/mol. The Morgan fingerprint density at radius 1 is 1.24 bits per heavy atom. The summed E-state index contributed by atoms with van der Waals surface area (Å²) in [5, 5.41) is 3.36. The van der Waals surface area contributed by atoms with Gasteiger partial charge >= 0.3 is 6.18 Å². The molecular formula is C12H23F3N2. The summed E-state index contributed by atoms with van der Waals surface area (Å²) >= 11 is 0. The second-order valence-corrected chi connectivity index (χ2v) is 6.06. The Balaban J connectivity index is 2.72. The maximum absolute atomic E-state index is 12.5. The van der Waals surface area contributed by atoms with E-state index in [2.05, 4.69) is 26.1 Å². The molecule has 1 rings (SSSR count). The topological polar surface area (TPSA) is 15.3 Å². The van der Waals surface area contributed by atoms with E-state index < -0.39 is 12.7 Å². The van der Waals surface area contributed by atoms with Gasteiger partial charge in [-0.3, -0.25) is 4.90 Å². The molecule has 1 N–H and O–H groups in total. The minimum Gasteiger partial charge on any atom is -0.312 e. The van der Waals surface area contributed by atoms with Crippen molar-refractivity contribution < 1.29 is 13.2 Å². The van der Waals surface area contributed by atoms with Gasteiger partial charge < -0.3 is 5.32 Å². The van der Waals surface area contributed by atoms with Gasteiger partial charge in [0, 0.05) is 18.6 Å². The van der Waals surface area contributed by atoms with Crippen molar-refractivity contribution in [2.45, 2.75) is 52.4 Å². The quantitative estimate of drug-likeness (QED) is 0.772. The molecule has 0 bridgehead atoms. The van der Waals surface area contributed by atoms with E-state index in [1.807, 2.05) is 6.92 Å². The van der Waals surface area contributed by atoms with E-state index in [-0.39, 0.29) is 17.5 Å². The molecule has 1 heterocycles. The van der Waals surface area contributed by atoms with Gasteiger partial charge in [-0.1, -0.05) is 20.8 Å². The van der Waals surface area contributed by atoms with Crippen LogP contribution in [0.4, 0.5) is 13.2 Å². The fraction of sp³-hybridized carbons (Fsp3) is 1.00. The molecule has 0 saturated carbocycles. The summed E-state index contributed by atoms with van der Waals surface area (Å²) in [5.41, 5.74) is -0.0199. The third kappa shape index (κ3) is 4.84. The van der Waals surface area contributed by atoms with Gasteiger partial charge in [-0.25, -0.2) is 0 Å². The molecule has 1 fully saturated rings. The number of nitrogens with one attached hydrogen (secondary N) is 1. The summed E-state index contributed by atoms with van der Waals surface area (Å²) in [4.78, 5) is 1.55. The lowest BCUT2D eigenvalue weighted by Gasteiger charge is -2.35. The van der Waals surface area contributed by atoms with Crippen molar-refractivity contribution in [3.63, 3.8) is 0 Å². The van der Waals surface area contributed by atoms with E-state index in [0.717, 1.165) is 13.0 Å². The zero-order valence-electron chi connectivity index (χ0n) is 11.1. The molecule has 2 unspecified atom stereocenters. The highest BCUT2D eigenvalue weighted by Crippen LogP contribution is 2.26. The number of hydrogen-bond acceptors (Lipinski definition) is 2. The SMILES string of the molecule is CC1CCNC(C(C)(C)C)CN1CC(F)(F)F. The van der Waals surface area contributed by atoms with E-state index in [0.29, 0.717) is 6.54 Å². The summed E-state index contributed by atoms with van der Waals surface area (Å²) in [6, 6.07) is 0.0891. The molecule has 1 saturated heterocycles. The summed E-state index contributed by atoms with van der Waals surface area (Å²) in [5.74, 6) is 0. The first-order valence-electron chi connectivity index (χ1n) is 6.14. The average Bonchev–Trinajstić information content (AvgIpc) is 2.25. The second kappa shape index (κ2) is 5.14. The zero-order valence-corrected chi connectivity index (χ0v) is 11.1. The lowest BCUT2D eigenvalue weighted by molar-refractivity contribution is -0.151. The summed E-state index contributed by atoms with van der Waals surface area (Å²) in [6.45, 7) is 8.51. The molecule has 5 heteroatoms. The summed E-state index contributed by atoms with van der Waals surface area (Å²) in [6.07, 6.45) is -3.34. The van der Waals surface area contributed by atoms with Crippen LogP contribution in [-0.2, 0) is 0 Å². The van der Waals surface area contributed by atoms with Crippen LogP contribution in [0.5, 0.6) is 0 Å². The Labute approximate surface area is 102 Å². The normalized spacial score (nSPS) is 29.1. The first-order valence-corrected chi connectivity index (χ1v) is 6.14. The fourth-order valence-electron chi connectivity index (χ4n) is 2.16. The number of rotatable bonds is 1. The van der Waals surface area contributed by atoms with Gasteiger partial charge in [-0.15, -0.1) is 0 Å². The molecule has 2 nitrogen and oxygen atoms in total. The zero-order chi connectivity index (χ0) is 13.3. The first kappa shape index (κ1) is 14.8. The number of alkyl halides is 3. The Kier molecular flexibility index (Phi) is 4.47. The smallest absolute Gasteiger partial charge is 0.312 e. The van der Waals surface area contributed by atoms with Crippen LogP contribution in [0.1, 0.15) is 34.1 Å². The van der Waals surface area contributed by atoms with Crippen LogP contribution in [0.15, 0.2) is 0 Å². The molecule has 0 aromatic heterocycles. The van der Waals surface area contributed by atoms with Crippen molar-refractivity contribution in [3.8, 4) is 0 Å². The van der Waals surface area contributed by atoms with Crippen LogP contribution in [0.25, 0.3) is 0 Å². The van der Waals surface area contributed by atoms with Crippen LogP contribution < -0.4 is 5.32 Å². The second-order valence-electron chi connectivity index (χ2n) is 6.06. The first-order chi connectivity index (χ1) is 7.59. The minimum absolute atomic E-state index is 0.0172. The molecule has 0 amide bonds. The molecule has 102 valence electrons. The molecule has 1 aliphatic rings. The van der Waals surface area contributed by atoms with Crippen molar-refractivity contribution in [1.29, 1.82) is 0 Å². The molecule has 17 heavy (non-hydrogen) atoms. The van der Waals surface area contributed by atoms with E-state index in [1.54, 1.807) is 4.90 Å². The van der Waals surface area contributed by atoms with E-state index >= 15 is 0 Å². The average molecular weight is 252 g/mol. The van der Waals surface area contributed by atoms with Gasteiger partial charge in [-0.2, -0.15) is 13.2 Å². The largest absolute Gasteiger partial charge is 0.401 e. The predicted molar refractivity (Wildman–Crippen MR) is 63.0 cm³/mol. The lowest BCUT2D eigenvalue weighted by Crippen LogP contribution is -2.49. The lowest BCUT2D eigenvalue weighted by atomic mass is 9.86. The minimum atomic E-state index is -4.11. The van der Waals surface area contributed by atoms with Crippen molar-refractivity contribution in [2.75, 3.05) is 19.6 Å². The van der Waals surface area contributed by atoms with Crippen molar-refractivity contribution in [3.05, 3.63) is 0 Å². The van der Waals surface area contributed by atoms with E-state index in [9.17, 15) is 13.2 Å². The molecule has 2 atom stereocenters. The van der Waals surface area contributed by atoms with Gasteiger partial charge in [-0.05, 0) is 25.3 Å². The van der Waals surface area contributed by atoms with Crippen LogP contribution in [0, 0.1) is 5.41 Å². The third-order valence-corrected chi connectivity index (χ3v) is 3.42. The summed E-state index contributed by atoms with van der Waals surface area (Å²) in [7, 11) is 0. The van der Waals surface area contributed by atoms with Gasteiger partial charge in [0.2, 0.25) is 0 Å². The van der Waals surface area contributed by atoms with Crippen molar-refractivity contribution >= 4 is 0 Å². The van der Waals surface area contributed by atoms with Gasteiger partial charge in [0.25, 0.3) is 0 Å². The standard InChI is InChI=1S/C12H23F3N2/c1-9-5-6-16-10(11(2,3)4)7-17(9)8-12(13,14)15/h9-10,16H,5-8H2,1-4H3. The Hall–Kier alpha value is -0.290. The maximum Gasteiger partial charge on any atom is 0.401 e. The van der Waals surface area contributed by atoms with Crippen LogP contribution in [0.2, 0.25) is 0 Å². The Bertz CT molecular complexity index is 245. The predicted octanol–water partition coefficient (Wildman–Crippen LogP) is 2.65.